The summed E-state index contributed by atoms with van der Waals surface area (Å²) in [6, 6.07) is 3.56. The van der Waals surface area contributed by atoms with Gasteiger partial charge >= 0.3 is 6.18 Å². The van der Waals surface area contributed by atoms with E-state index >= 15 is 0 Å². The maximum absolute atomic E-state index is 13.0. The van der Waals surface area contributed by atoms with Gasteiger partial charge in [-0.1, -0.05) is 11.6 Å². The number of amides is 1. The highest BCUT2D eigenvalue weighted by molar-refractivity contribution is 6.31. The number of alkyl halides is 3. The Morgan fingerprint density at radius 1 is 1.41 bits per heavy atom. The number of anilines is 1. The largest absolute Gasteiger partial charge is 0.435 e. The normalized spacial score (nSPS) is 15.4. The molecule has 0 aliphatic heterocycles. The Bertz CT molecular complexity index is 909. The lowest BCUT2D eigenvalue weighted by Crippen LogP contribution is -2.26. The molecule has 1 fully saturated rings. The second-order valence-corrected chi connectivity index (χ2v) is 6.69. The van der Waals surface area contributed by atoms with E-state index in [1.807, 2.05) is 0 Å². The maximum Gasteiger partial charge on any atom is 0.435 e. The van der Waals surface area contributed by atoms with Crippen LogP contribution in [0.25, 0.3) is 0 Å². The Hall–Kier alpha value is -2.62. The first-order valence-electron chi connectivity index (χ1n) is 7.99. The number of nitrogens with one attached hydrogen (secondary N) is 1. The lowest BCUT2D eigenvalue weighted by molar-refractivity contribution is -0.383. The molecule has 1 saturated carbocycles. The zero-order chi connectivity index (χ0) is 19.9. The van der Waals surface area contributed by atoms with Crippen molar-refractivity contribution in [3.05, 3.63) is 50.8 Å². The Morgan fingerprint density at radius 2 is 2.07 bits per heavy atom. The Labute approximate surface area is 156 Å². The van der Waals surface area contributed by atoms with Crippen molar-refractivity contribution in [3.8, 4) is 0 Å². The van der Waals surface area contributed by atoms with Crippen molar-refractivity contribution in [2.75, 3.05) is 5.32 Å². The fourth-order valence-electron chi connectivity index (χ4n) is 2.65. The smallest absolute Gasteiger partial charge is 0.319 e. The summed E-state index contributed by atoms with van der Waals surface area (Å²) in [5.41, 5.74) is -1.25. The highest BCUT2D eigenvalue weighted by Crippen LogP contribution is 2.43. The minimum Gasteiger partial charge on any atom is -0.319 e. The second-order valence-electron chi connectivity index (χ2n) is 6.25. The molecule has 1 aromatic carbocycles. The summed E-state index contributed by atoms with van der Waals surface area (Å²) in [6.45, 7) is 1.39. The molecule has 2 aromatic rings. The molecule has 7 nitrogen and oxygen atoms in total. The average Bonchev–Trinajstić information content (AvgIpc) is 3.32. The number of nitro benzene ring substituents is 1. The zero-order valence-electron chi connectivity index (χ0n) is 14.0. The molecule has 1 aliphatic carbocycles. The molecule has 1 aliphatic rings. The number of hydrogen-bond acceptors (Lipinski definition) is 4. The van der Waals surface area contributed by atoms with Crippen molar-refractivity contribution in [1.29, 1.82) is 0 Å². The third-order valence-electron chi connectivity index (χ3n) is 4.21. The minimum absolute atomic E-state index is 0.0753. The molecule has 3 rings (SSSR count). The van der Waals surface area contributed by atoms with Gasteiger partial charge in [0, 0.05) is 22.7 Å². The number of carbonyl (C=O) groups excluding carboxylic acids is 1. The van der Waals surface area contributed by atoms with Crippen molar-refractivity contribution in [2.24, 2.45) is 0 Å². The summed E-state index contributed by atoms with van der Waals surface area (Å²) in [6.07, 6.45) is -3.18. The lowest BCUT2D eigenvalue weighted by atomic mass is 10.2. The fraction of sp³-hybridized carbons (Fsp3) is 0.375. The van der Waals surface area contributed by atoms with Crippen LogP contribution >= 0.6 is 11.6 Å². The third-order valence-corrected chi connectivity index (χ3v) is 4.45. The fourth-order valence-corrected chi connectivity index (χ4v) is 2.82. The molecule has 1 unspecified atom stereocenters. The van der Waals surface area contributed by atoms with Gasteiger partial charge in [-0.3, -0.25) is 19.6 Å². The Morgan fingerprint density at radius 3 is 2.63 bits per heavy atom. The summed E-state index contributed by atoms with van der Waals surface area (Å²) in [5.74, 6) is -0.798. The van der Waals surface area contributed by atoms with Gasteiger partial charge in [-0.05, 0) is 38.0 Å². The van der Waals surface area contributed by atoms with Gasteiger partial charge in [0.25, 0.3) is 5.69 Å². The molecule has 1 heterocycles. The van der Waals surface area contributed by atoms with Crippen LogP contribution in [-0.2, 0) is 11.0 Å². The first kappa shape index (κ1) is 19.2. The predicted octanol–water partition coefficient (Wildman–Crippen LogP) is 4.54. The van der Waals surface area contributed by atoms with Crippen molar-refractivity contribution < 1.29 is 22.9 Å². The molecule has 1 aromatic heterocycles. The summed E-state index contributed by atoms with van der Waals surface area (Å²) in [5, 5.41) is 17.2. The second kappa shape index (κ2) is 6.84. The molecule has 1 amide bonds. The van der Waals surface area contributed by atoms with Crippen LogP contribution in [-0.4, -0.2) is 20.6 Å². The lowest BCUT2D eigenvalue weighted by Gasteiger charge is -2.16. The van der Waals surface area contributed by atoms with Gasteiger partial charge in [0.2, 0.25) is 5.91 Å². The van der Waals surface area contributed by atoms with E-state index in [-0.39, 0.29) is 16.6 Å². The molecule has 0 bridgehead atoms. The Kier molecular flexibility index (Phi) is 4.85. The third kappa shape index (κ3) is 4.05. The average molecular weight is 403 g/mol. The van der Waals surface area contributed by atoms with Crippen molar-refractivity contribution in [3.63, 3.8) is 0 Å². The van der Waals surface area contributed by atoms with Crippen LogP contribution in [0.3, 0.4) is 0 Å². The van der Waals surface area contributed by atoms with Crippen LogP contribution in [0.1, 0.15) is 43.1 Å². The van der Waals surface area contributed by atoms with E-state index in [0.29, 0.717) is 5.69 Å². The van der Waals surface area contributed by atoms with Crippen LogP contribution in [0.4, 0.5) is 24.5 Å². The first-order valence-corrected chi connectivity index (χ1v) is 8.37. The van der Waals surface area contributed by atoms with Gasteiger partial charge in [0.1, 0.15) is 11.7 Å². The molecule has 0 saturated heterocycles. The quantitative estimate of drug-likeness (QED) is 0.587. The topological polar surface area (TPSA) is 90.1 Å². The summed E-state index contributed by atoms with van der Waals surface area (Å²) in [7, 11) is 0. The van der Waals surface area contributed by atoms with Crippen LogP contribution in [0.2, 0.25) is 5.02 Å². The zero-order valence-corrected chi connectivity index (χ0v) is 14.7. The van der Waals surface area contributed by atoms with E-state index in [1.165, 1.54) is 19.1 Å². The van der Waals surface area contributed by atoms with E-state index in [2.05, 4.69) is 10.4 Å². The standard InChI is InChI=1S/C16H14ClF3N4O3/c1-8(15(25)21-11-5-4-10(17)6-13(11)24(26)27)23-12(9-2-3-9)7-14(22-23)16(18,19)20/h4-9H,2-3H2,1H3,(H,21,25). The van der Waals surface area contributed by atoms with Gasteiger partial charge in [0.15, 0.2) is 5.69 Å². The van der Waals surface area contributed by atoms with Gasteiger partial charge in [-0.25, -0.2) is 0 Å². The molecule has 1 atom stereocenters. The molecule has 27 heavy (non-hydrogen) atoms. The summed E-state index contributed by atoms with van der Waals surface area (Å²) in [4.78, 5) is 22.9. The monoisotopic (exact) mass is 402 g/mol. The number of hydrogen-bond donors (Lipinski definition) is 1. The maximum atomic E-state index is 13.0. The van der Waals surface area contributed by atoms with Crippen molar-refractivity contribution >= 4 is 28.9 Å². The van der Waals surface area contributed by atoms with E-state index < -0.39 is 34.4 Å². The van der Waals surface area contributed by atoms with Gasteiger partial charge in [0.05, 0.1) is 4.92 Å². The van der Waals surface area contributed by atoms with Gasteiger partial charge in [-0.2, -0.15) is 18.3 Å². The van der Waals surface area contributed by atoms with E-state index in [4.69, 9.17) is 11.6 Å². The minimum atomic E-state index is -4.62. The number of rotatable bonds is 5. The number of aromatic nitrogens is 2. The predicted molar refractivity (Wildman–Crippen MR) is 90.7 cm³/mol. The first-order chi connectivity index (χ1) is 12.6. The number of nitro groups is 1. The molecular formula is C16H14ClF3N4O3. The Balaban J connectivity index is 1.88. The van der Waals surface area contributed by atoms with E-state index in [9.17, 15) is 28.1 Å². The summed E-state index contributed by atoms with van der Waals surface area (Å²) < 4.78 is 40.0. The number of benzene rings is 1. The summed E-state index contributed by atoms with van der Waals surface area (Å²) >= 11 is 5.73. The van der Waals surface area contributed by atoms with E-state index in [1.54, 1.807) is 0 Å². The molecule has 11 heteroatoms. The van der Waals surface area contributed by atoms with E-state index in [0.717, 1.165) is 29.7 Å². The molecule has 1 N–H and O–H groups in total. The van der Waals surface area contributed by atoms with Gasteiger partial charge < -0.3 is 5.32 Å². The molecule has 0 spiro atoms. The number of nitrogens with zero attached hydrogens (tertiary/aromatic N) is 3. The molecule has 0 radical (unpaired) electrons. The number of carbonyl (C=O) groups is 1. The van der Waals surface area contributed by atoms with Crippen LogP contribution < -0.4 is 5.32 Å². The SMILES string of the molecule is CC(C(=O)Nc1ccc(Cl)cc1[N+](=O)[O-])n1nc(C(F)(F)F)cc1C1CC1. The van der Waals surface area contributed by atoms with Crippen LogP contribution in [0.15, 0.2) is 24.3 Å². The number of halogens is 4. The molecule has 144 valence electrons. The highest BCUT2D eigenvalue weighted by Gasteiger charge is 2.39. The van der Waals surface area contributed by atoms with Crippen molar-refractivity contribution in [1.82, 2.24) is 9.78 Å². The van der Waals surface area contributed by atoms with Crippen molar-refractivity contribution in [2.45, 2.75) is 37.9 Å². The highest BCUT2D eigenvalue weighted by atomic mass is 35.5. The van der Waals surface area contributed by atoms with Crippen LogP contribution in [0, 0.1) is 10.1 Å². The van der Waals surface area contributed by atoms with Gasteiger partial charge in [-0.15, -0.1) is 0 Å². The molecular weight excluding hydrogens is 389 g/mol. The van der Waals surface area contributed by atoms with Crippen LogP contribution in [0.5, 0.6) is 0 Å².